The van der Waals surface area contributed by atoms with Gasteiger partial charge in [0, 0.05) is 16.4 Å². The molecule has 8 N–H and O–H groups in total. The second-order valence-corrected chi connectivity index (χ2v) is 14.3. The van der Waals surface area contributed by atoms with Gasteiger partial charge in [0.05, 0.1) is 31.4 Å². The fourth-order valence-corrected chi connectivity index (χ4v) is 7.62. The Morgan fingerprint density at radius 3 is 2.34 bits per heavy atom. The van der Waals surface area contributed by atoms with Crippen molar-refractivity contribution in [3.8, 4) is 0 Å². The molecule has 44 heavy (non-hydrogen) atoms. The number of aliphatic hydroxyl groups is 2. The number of aliphatic hydroxyl groups excluding tert-OH is 2. The third-order valence-electron chi connectivity index (χ3n) is 7.87. The zero-order valence-corrected chi connectivity index (χ0v) is 25.6. The van der Waals surface area contributed by atoms with Crippen LogP contribution in [0, 0.1) is 5.41 Å². The molecule has 0 amide bonds. The van der Waals surface area contributed by atoms with E-state index in [2.05, 4.69) is 29.9 Å². The van der Waals surface area contributed by atoms with E-state index in [0.717, 1.165) is 0 Å². The number of ether oxygens (including phenoxy) is 1. The van der Waals surface area contributed by atoms with Crippen molar-refractivity contribution in [3.05, 3.63) is 25.3 Å². The summed E-state index contributed by atoms with van der Waals surface area (Å²) < 4.78 is 37.0. The molecule has 2 fully saturated rings. The number of fused-ring (bicyclic) bond motifs is 2. The van der Waals surface area contributed by atoms with Crippen LogP contribution in [-0.4, -0.2) is 96.7 Å². The number of hydrogen-bond donors (Lipinski definition) is 6. The maximum Gasteiger partial charge on any atom is 0.694 e. The smallest absolute Gasteiger partial charge is 0.390 e. The van der Waals surface area contributed by atoms with Gasteiger partial charge in [0.1, 0.15) is 54.8 Å². The molecule has 2 aliphatic rings. The van der Waals surface area contributed by atoms with E-state index >= 15 is 0 Å². The van der Waals surface area contributed by atoms with Gasteiger partial charge >= 0.3 is 15.0 Å². The average molecular weight is 672 g/mol. The molecule has 1 aliphatic carbocycles. The Bertz CT molecular complexity index is 1760. The van der Waals surface area contributed by atoms with Crippen molar-refractivity contribution in [2.75, 3.05) is 24.7 Å². The number of nitrogen functional groups attached to an aromatic ring is 2. The van der Waals surface area contributed by atoms with Crippen LogP contribution in [0.5, 0.6) is 0 Å². The molecule has 5 heterocycles. The second-order valence-electron chi connectivity index (χ2n) is 10.8. The van der Waals surface area contributed by atoms with Gasteiger partial charge in [-0.05, 0) is 18.2 Å². The Hall–Kier alpha value is -2.87. The number of hydrogen-bond acceptors (Lipinski definition) is 16. The molecular weight excluding hydrogens is 642 g/mol. The van der Waals surface area contributed by atoms with E-state index in [1.165, 1.54) is 25.3 Å². The van der Waals surface area contributed by atoms with E-state index in [0.29, 0.717) is 22.3 Å². The minimum atomic E-state index is -4.11. The highest BCUT2D eigenvalue weighted by Crippen LogP contribution is 2.55. The van der Waals surface area contributed by atoms with Crippen molar-refractivity contribution >= 4 is 60.7 Å². The quantitative estimate of drug-likeness (QED) is 0.122. The molecule has 22 heteroatoms. The summed E-state index contributed by atoms with van der Waals surface area (Å²) in [5.74, 6) is 0.345. The maximum atomic E-state index is 11.5. The topological polar surface area (TPSA) is 274 Å². The van der Waals surface area contributed by atoms with Crippen molar-refractivity contribution < 1.29 is 42.9 Å². The number of imidazole rings is 2. The maximum absolute atomic E-state index is 11.5. The molecule has 1 saturated carbocycles. The molecule has 236 valence electrons. The Kier molecular flexibility index (Phi) is 8.35. The molecule has 0 radical (unpaired) electrons. The molecule has 0 spiro atoms. The zero-order chi connectivity index (χ0) is 31.4. The van der Waals surface area contributed by atoms with Gasteiger partial charge in [0.25, 0.3) is 0 Å². The molecule has 2 unspecified atom stereocenters. The van der Waals surface area contributed by atoms with Gasteiger partial charge in [0.15, 0.2) is 22.9 Å². The van der Waals surface area contributed by atoms with E-state index in [1.807, 2.05) is 0 Å². The lowest BCUT2D eigenvalue weighted by Gasteiger charge is -2.32. The summed E-state index contributed by atoms with van der Waals surface area (Å²) in [7, 11) is -2.98. The first-order valence-corrected chi connectivity index (χ1v) is 16.9. The Balaban J connectivity index is 1.17. The number of aromatic nitrogens is 8. The van der Waals surface area contributed by atoms with Crippen molar-refractivity contribution in [2.45, 2.75) is 56.5 Å². The van der Waals surface area contributed by atoms with Gasteiger partial charge in [-0.25, -0.2) is 29.9 Å². The van der Waals surface area contributed by atoms with Crippen LogP contribution < -0.4 is 11.5 Å². The van der Waals surface area contributed by atoms with Crippen molar-refractivity contribution in [2.24, 2.45) is 5.41 Å². The van der Waals surface area contributed by atoms with Gasteiger partial charge in [-0.1, -0.05) is 6.92 Å². The summed E-state index contributed by atoms with van der Waals surface area (Å²) >= 11 is 5.29. The lowest BCUT2D eigenvalue weighted by molar-refractivity contribution is -0.0540. The molecule has 6 rings (SSSR count). The molecule has 4 aromatic heterocycles. The zero-order valence-electron chi connectivity index (χ0n) is 23.0. The van der Waals surface area contributed by atoms with Crippen LogP contribution in [0.25, 0.3) is 22.3 Å². The minimum absolute atomic E-state index is 0.145. The minimum Gasteiger partial charge on any atom is -0.390 e. The first kappa shape index (κ1) is 31.1. The SMILES string of the molecule is C[C@@]1(CO[P+](=O)O)C[C@@H](n2cnc3c(N)ncnc32)[C@H](O)[C@@H]1OP(O)(=S)OC[C@H]1O[C@@H](n2cnc3c(N)ncnc32)C[C@@H]1O. The molecule has 19 nitrogen and oxygen atoms in total. The van der Waals surface area contributed by atoms with Crippen LogP contribution in [0.1, 0.15) is 32.0 Å². The van der Waals surface area contributed by atoms with E-state index in [1.54, 1.807) is 16.1 Å². The number of rotatable bonds is 10. The summed E-state index contributed by atoms with van der Waals surface area (Å²) in [4.78, 5) is 45.1. The van der Waals surface area contributed by atoms with E-state index in [9.17, 15) is 24.6 Å². The number of nitrogens with two attached hydrogens (primary N) is 2. The van der Waals surface area contributed by atoms with Gasteiger partial charge in [0.2, 0.25) is 0 Å². The molecule has 1 saturated heterocycles. The summed E-state index contributed by atoms with van der Waals surface area (Å²) in [6.07, 6.45) is 0.625. The fraction of sp³-hybridized carbons (Fsp3) is 0.545. The highest BCUT2D eigenvalue weighted by Gasteiger charge is 2.55. The summed E-state index contributed by atoms with van der Waals surface area (Å²) in [6, 6.07) is -0.733. The van der Waals surface area contributed by atoms with Crippen LogP contribution in [0.15, 0.2) is 25.3 Å². The van der Waals surface area contributed by atoms with Gasteiger partial charge in [-0.15, -0.1) is 9.42 Å². The normalized spacial score (nSPS) is 30.7. The Morgan fingerprint density at radius 1 is 1.09 bits per heavy atom. The predicted octanol–water partition coefficient (Wildman–Crippen LogP) is 0.0759. The first-order valence-electron chi connectivity index (χ1n) is 13.2. The van der Waals surface area contributed by atoms with Crippen LogP contribution in [0.3, 0.4) is 0 Å². The molecule has 4 aromatic rings. The fourth-order valence-electron chi connectivity index (χ4n) is 5.70. The molecular formula is C22H29N10O9P2S+. The number of anilines is 2. The third-order valence-corrected chi connectivity index (χ3v) is 9.76. The van der Waals surface area contributed by atoms with Gasteiger partial charge < -0.3 is 44.9 Å². The standard InChI is InChI=1S/C22H28N10O9P2S/c1-22(5-38-42(35)36)3-10(31-8-29-14-18(23)25-6-27-20(14)31)16(34)17(22)41-43(37,44)39-4-12-11(33)2-13(40-12)32-9-30-15-19(24)26-7-28-21(15)32/h6-13,16-17,33-34H,2-5H2,1H3,(H5-,23,24,25,26,27,28,35,36,37,44)/p+1/t10-,11+,12-,13-,16+,17+,22+,43?/m1/s1. The summed E-state index contributed by atoms with van der Waals surface area (Å²) in [6.45, 7) is -3.13. The third kappa shape index (κ3) is 5.79. The Labute approximate surface area is 254 Å². The van der Waals surface area contributed by atoms with Crippen molar-refractivity contribution in [1.29, 1.82) is 0 Å². The van der Waals surface area contributed by atoms with Crippen molar-refractivity contribution in [3.63, 3.8) is 0 Å². The lowest BCUT2D eigenvalue weighted by atomic mass is 9.87. The predicted molar refractivity (Wildman–Crippen MR) is 155 cm³/mol. The molecule has 1 aliphatic heterocycles. The Morgan fingerprint density at radius 2 is 1.70 bits per heavy atom. The van der Waals surface area contributed by atoms with E-state index < -0.39 is 57.1 Å². The first-order chi connectivity index (χ1) is 20.9. The van der Waals surface area contributed by atoms with Crippen LogP contribution in [-0.2, 0) is 34.7 Å². The van der Waals surface area contributed by atoms with Crippen molar-refractivity contribution in [1.82, 2.24) is 39.0 Å². The highest BCUT2D eigenvalue weighted by molar-refractivity contribution is 8.07. The summed E-state index contributed by atoms with van der Waals surface area (Å²) in [5, 5.41) is 22.1. The van der Waals surface area contributed by atoms with Crippen LogP contribution in [0.2, 0.25) is 0 Å². The van der Waals surface area contributed by atoms with E-state index in [4.69, 9.17) is 41.6 Å². The largest absolute Gasteiger partial charge is 0.694 e. The lowest BCUT2D eigenvalue weighted by Crippen LogP contribution is -2.39. The molecule has 0 bridgehead atoms. The molecule has 0 aromatic carbocycles. The summed E-state index contributed by atoms with van der Waals surface area (Å²) in [5.41, 5.74) is 12.1. The second kappa shape index (κ2) is 11.8. The van der Waals surface area contributed by atoms with Crippen LogP contribution in [0.4, 0.5) is 11.6 Å². The van der Waals surface area contributed by atoms with Gasteiger partial charge in [-0.3, -0.25) is 4.57 Å². The van der Waals surface area contributed by atoms with Gasteiger partial charge in [-0.2, -0.15) is 0 Å². The number of nitrogens with zero attached hydrogens (tertiary/aromatic N) is 8. The molecule has 9 atom stereocenters. The monoisotopic (exact) mass is 671 g/mol. The highest BCUT2D eigenvalue weighted by atomic mass is 32.5. The van der Waals surface area contributed by atoms with Crippen LogP contribution >= 0.6 is 15.0 Å². The average Bonchev–Trinajstić information content (AvgIpc) is 3.73. The van der Waals surface area contributed by atoms with E-state index in [-0.39, 0.29) is 37.7 Å².